The molecule has 0 aliphatic heterocycles. The lowest BCUT2D eigenvalue weighted by Gasteiger charge is -2.13. The Morgan fingerprint density at radius 2 is 1.87 bits per heavy atom. The molecule has 0 aliphatic carbocycles. The van der Waals surface area contributed by atoms with Crippen LogP contribution in [0.3, 0.4) is 0 Å². The van der Waals surface area contributed by atoms with E-state index in [1.165, 1.54) is 11.3 Å². The minimum atomic E-state index is -0.732. The van der Waals surface area contributed by atoms with Gasteiger partial charge in [0.2, 0.25) is 11.8 Å². The van der Waals surface area contributed by atoms with Gasteiger partial charge in [-0.25, -0.2) is 4.98 Å². The maximum absolute atomic E-state index is 12.5. The summed E-state index contributed by atoms with van der Waals surface area (Å²) >= 11 is 1.21. The Kier molecular flexibility index (Phi) is 7.13. The zero-order valence-electron chi connectivity index (χ0n) is 16.8. The summed E-state index contributed by atoms with van der Waals surface area (Å²) in [5, 5.41) is 9.53. The molecule has 0 radical (unpaired) electrons. The standard InChI is InChI=1S/C22H23N3O4S/c1-3-29-20(27)12-17-13-30-22(24-17)25-21(28)14(2)23-19(26)11-16-9-6-8-15-7-4-5-10-18(15)16/h4-10,13-14H,3,11-12H2,1-2H3,(H,23,26)(H,24,25,28)/t14-/m0/s1. The van der Waals surface area contributed by atoms with Crippen LogP contribution in [0.1, 0.15) is 25.1 Å². The number of esters is 1. The van der Waals surface area contributed by atoms with Gasteiger partial charge >= 0.3 is 5.97 Å². The molecule has 0 spiro atoms. The van der Waals surface area contributed by atoms with E-state index in [9.17, 15) is 14.4 Å². The summed E-state index contributed by atoms with van der Waals surface area (Å²) in [5.41, 5.74) is 1.43. The molecular weight excluding hydrogens is 402 g/mol. The highest BCUT2D eigenvalue weighted by molar-refractivity contribution is 7.13. The highest BCUT2D eigenvalue weighted by Gasteiger charge is 2.18. The molecule has 0 saturated carbocycles. The van der Waals surface area contributed by atoms with Crippen LogP contribution >= 0.6 is 11.3 Å². The van der Waals surface area contributed by atoms with Gasteiger partial charge in [-0.3, -0.25) is 14.4 Å². The van der Waals surface area contributed by atoms with Gasteiger partial charge in [0.25, 0.3) is 0 Å². The fraction of sp³-hybridized carbons (Fsp3) is 0.273. The minimum absolute atomic E-state index is 0.0531. The molecule has 0 fully saturated rings. The Morgan fingerprint density at radius 3 is 2.67 bits per heavy atom. The van der Waals surface area contributed by atoms with Gasteiger partial charge in [-0.2, -0.15) is 0 Å². The summed E-state index contributed by atoms with van der Waals surface area (Å²) in [6.07, 6.45) is 0.234. The number of nitrogens with one attached hydrogen (secondary N) is 2. The predicted octanol–water partition coefficient (Wildman–Crippen LogP) is 3.09. The van der Waals surface area contributed by atoms with Crippen molar-refractivity contribution >= 4 is 45.0 Å². The number of hydrogen-bond donors (Lipinski definition) is 2. The molecule has 1 heterocycles. The van der Waals surface area contributed by atoms with Crippen molar-refractivity contribution in [2.45, 2.75) is 32.7 Å². The molecule has 156 valence electrons. The van der Waals surface area contributed by atoms with Gasteiger partial charge in [0, 0.05) is 5.38 Å². The number of rotatable bonds is 8. The molecular formula is C22H23N3O4S. The Labute approximate surface area is 178 Å². The molecule has 1 atom stereocenters. The van der Waals surface area contributed by atoms with Crippen molar-refractivity contribution < 1.29 is 19.1 Å². The van der Waals surface area contributed by atoms with Crippen LogP contribution in [0.15, 0.2) is 47.8 Å². The first kappa shape index (κ1) is 21.4. The number of thiazole rings is 1. The number of amides is 2. The SMILES string of the molecule is CCOC(=O)Cc1csc(NC(=O)[C@H](C)NC(=O)Cc2cccc3ccccc23)n1. The minimum Gasteiger partial charge on any atom is -0.466 e. The van der Waals surface area contributed by atoms with E-state index in [0.717, 1.165) is 16.3 Å². The third kappa shape index (κ3) is 5.64. The molecule has 3 rings (SSSR count). The van der Waals surface area contributed by atoms with Crippen molar-refractivity contribution in [3.8, 4) is 0 Å². The van der Waals surface area contributed by atoms with Crippen LogP contribution in [-0.2, 0) is 32.0 Å². The summed E-state index contributed by atoms with van der Waals surface area (Å²) in [6.45, 7) is 3.66. The van der Waals surface area contributed by atoms with Crippen molar-refractivity contribution in [3.63, 3.8) is 0 Å². The average molecular weight is 426 g/mol. The van der Waals surface area contributed by atoms with Gasteiger partial charge < -0.3 is 15.4 Å². The number of carbonyl (C=O) groups excluding carboxylic acids is 3. The molecule has 0 bridgehead atoms. The van der Waals surface area contributed by atoms with Crippen LogP contribution in [0.5, 0.6) is 0 Å². The number of benzene rings is 2. The van der Waals surface area contributed by atoms with E-state index in [2.05, 4.69) is 15.6 Å². The normalized spacial score (nSPS) is 11.7. The van der Waals surface area contributed by atoms with Crippen LogP contribution in [0.25, 0.3) is 10.8 Å². The molecule has 0 unspecified atom stereocenters. The first-order chi connectivity index (χ1) is 14.5. The molecule has 2 aromatic carbocycles. The van der Waals surface area contributed by atoms with Crippen LogP contribution in [0, 0.1) is 0 Å². The first-order valence-corrected chi connectivity index (χ1v) is 10.5. The lowest BCUT2D eigenvalue weighted by molar-refractivity contribution is -0.142. The number of ether oxygens (including phenoxy) is 1. The number of aromatic nitrogens is 1. The fourth-order valence-corrected chi connectivity index (χ4v) is 3.71. The second-order valence-electron chi connectivity index (χ2n) is 6.72. The summed E-state index contributed by atoms with van der Waals surface area (Å²) in [5.74, 6) is -0.982. The van der Waals surface area contributed by atoms with Gasteiger partial charge in [0.1, 0.15) is 6.04 Å². The molecule has 0 saturated heterocycles. The second-order valence-corrected chi connectivity index (χ2v) is 7.58. The van der Waals surface area contributed by atoms with Gasteiger partial charge in [0.05, 0.1) is 25.1 Å². The fourth-order valence-electron chi connectivity index (χ4n) is 3.00. The number of hydrogen-bond acceptors (Lipinski definition) is 6. The summed E-state index contributed by atoms with van der Waals surface area (Å²) < 4.78 is 4.88. The van der Waals surface area contributed by atoms with Crippen LogP contribution < -0.4 is 10.6 Å². The van der Waals surface area contributed by atoms with Crippen molar-refractivity contribution in [2.75, 3.05) is 11.9 Å². The maximum Gasteiger partial charge on any atom is 0.311 e. The van der Waals surface area contributed by atoms with Crippen molar-refractivity contribution in [1.29, 1.82) is 0 Å². The van der Waals surface area contributed by atoms with E-state index in [4.69, 9.17) is 4.74 Å². The Hall–Kier alpha value is -3.26. The summed E-state index contributed by atoms with van der Waals surface area (Å²) in [4.78, 5) is 40.6. The van der Waals surface area contributed by atoms with E-state index < -0.39 is 6.04 Å². The third-order valence-corrected chi connectivity index (χ3v) is 5.22. The van der Waals surface area contributed by atoms with Gasteiger partial charge in [0.15, 0.2) is 5.13 Å². The maximum atomic E-state index is 12.5. The van der Waals surface area contributed by atoms with Crippen molar-refractivity contribution in [2.24, 2.45) is 0 Å². The molecule has 0 aliphatic rings. The van der Waals surface area contributed by atoms with Gasteiger partial charge in [-0.1, -0.05) is 42.5 Å². The molecule has 1 aromatic heterocycles. The zero-order valence-corrected chi connectivity index (χ0v) is 17.6. The second kappa shape index (κ2) is 9.98. The number of nitrogens with zero attached hydrogens (tertiary/aromatic N) is 1. The highest BCUT2D eigenvalue weighted by Crippen LogP contribution is 2.19. The lowest BCUT2D eigenvalue weighted by Crippen LogP contribution is -2.42. The molecule has 2 N–H and O–H groups in total. The largest absolute Gasteiger partial charge is 0.466 e. The molecule has 7 nitrogen and oxygen atoms in total. The molecule has 8 heteroatoms. The highest BCUT2D eigenvalue weighted by atomic mass is 32.1. The van der Waals surface area contributed by atoms with Crippen molar-refractivity contribution in [1.82, 2.24) is 10.3 Å². The predicted molar refractivity (Wildman–Crippen MR) is 116 cm³/mol. The molecule has 2 amide bonds. The first-order valence-electron chi connectivity index (χ1n) is 9.63. The van der Waals surface area contributed by atoms with Crippen LogP contribution in [0.4, 0.5) is 5.13 Å². The van der Waals surface area contributed by atoms with Crippen LogP contribution in [0.2, 0.25) is 0 Å². The Balaban J connectivity index is 1.54. The van der Waals surface area contributed by atoms with E-state index in [0.29, 0.717) is 17.4 Å². The van der Waals surface area contributed by atoms with E-state index in [-0.39, 0.29) is 30.6 Å². The number of anilines is 1. The van der Waals surface area contributed by atoms with E-state index >= 15 is 0 Å². The molecule has 30 heavy (non-hydrogen) atoms. The van der Waals surface area contributed by atoms with Crippen molar-refractivity contribution in [3.05, 3.63) is 59.1 Å². The average Bonchev–Trinajstić information content (AvgIpc) is 3.14. The smallest absolute Gasteiger partial charge is 0.311 e. The monoisotopic (exact) mass is 425 g/mol. The zero-order chi connectivity index (χ0) is 21.5. The van der Waals surface area contributed by atoms with E-state index in [1.54, 1.807) is 19.2 Å². The summed E-state index contributed by atoms with van der Waals surface area (Å²) in [7, 11) is 0. The van der Waals surface area contributed by atoms with Gasteiger partial charge in [-0.05, 0) is 30.2 Å². The quantitative estimate of drug-likeness (QED) is 0.541. The van der Waals surface area contributed by atoms with E-state index in [1.807, 2.05) is 42.5 Å². The Morgan fingerprint density at radius 1 is 1.10 bits per heavy atom. The number of fused-ring (bicyclic) bond motifs is 1. The van der Waals surface area contributed by atoms with Crippen LogP contribution in [-0.4, -0.2) is 35.4 Å². The third-order valence-electron chi connectivity index (χ3n) is 4.41. The number of carbonyl (C=O) groups is 3. The Bertz CT molecular complexity index is 1060. The topological polar surface area (TPSA) is 97.4 Å². The van der Waals surface area contributed by atoms with Gasteiger partial charge in [-0.15, -0.1) is 11.3 Å². The lowest BCUT2D eigenvalue weighted by atomic mass is 10.0. The molecule has 3 aromatic rings. The summed E-state index contributed by atoms with van der Waals surface area (Å²) in [6, 6.07) is 13.0.